The van der Waals surface area contributed by atoms with Crippen molar-refractivity contribution in [3.8, 4) is 0 Å². The molecule has 1 unspecified atom stereocenters. The van der Waals surface area contributed by atoms with Gasteiger partial charge in [0.25, 0.3) is 0 Å². The maximum atomic E-state index is 10.3. The molecule has 0 aromatic carbocycles. The molecule has 1 aromatic rings. The van der Waals surface area contributed by atoms with Gasteiger partial charge in [0.1, 0.15) is 5.76 Å². The van der Waals surface area contributed by atoms with Crippen LogP contribution in [0.1, 0.15) is 29.1 Å². The molecule has 12 heavy (non-hydrogen) atoms. The highest BCUT2D eigenvalue weighted by Gasteiger charge is 2.14. The molecule has 66 valence electrons. The molecule has 0 saturated heterocycles. The summed E-state index contributed by atoms with van der Waals surface area (Å²) in [6.07, 6.45) is 0. The van der Waals surface area contributed by atoms with E-state index < -0.39 is 5.97 Å². The third-order valence-corrected chi connectivity index (χ3v) is 1.51. The zero-order chi connectivity index (χ0) is 9.14. The zero-order valence-corrected chi connectivity index (χ0v) is 6.52. The molecule has 0 aliphatic heterocycles. The molecule has 1 aromatic heterocycles. The number of rotatable bonds is 3. The topological polar surface area (TPSA) is 83.6 Å². The van der Waals surface area contributed by atoms with Crippen molar-refractivity contribution in [1.29, 1.82) is 0 Å². The van der Waals surface area contributed by atoms with Gasteiger partial charge < -0.3 is 14.7 Å². The molecule has 0 fully saturated rings. The minimum atomic E-state index is -1.13. The maximum Gasteiger partial charge on any atom is 0.358 e. The number of nitrogens with zero attached hydrogens (tertiary/aromatic N) is 1. The number of carboxylic acid groups (broad SMARTS) is 1. The van der Waals surface area contributed by atoms with Crippen LogP contribution in [0.25, 0.3) is 0 Å². The Morgan fingerprint density at radius 3 is 2.92 bits per heavy atom. The first-order valence-electron chi connectivity index (χ1n) is 3.46. The maximum absolute atomic E-state index is 10.3. The summed E-state index contributed by atoms with van der Waals surface area (Å²) in [5.41, 5.74) is -0.134. The summed E-state index contributed by atoms with van der Waals surface area (Å²) in [7, 11) is 0. The number of hydrogen-bond acceptors (Lipinski definition) is 4. The fraction of sp³-hybridized carbons (Fsp3) is 0.429. The number of aliphatic hydroxyl groups excluding tert-OH is 1. The molecule has 0 amide bonds. The monoisotopic (exact) mass is 171 g/mol. The van der Waals surface area contributed by atoms with Crippen LogP contribution in [0.2, 0.25) is 0 Å². The largest absolute Gasteiger partial charge is 0.476 e. The van der Waals surface area contributed by atoms with Crippen LogP contribution in [0.5, 0.6) is 0 Å². The van der Waals surface area contributed by atoms with Gasteiger partial charge in [-0.15, -0.1) is 0 Å². The summed E-state index contributed by atoms with van der Waals surface area (Å²) in [5, 5.41) is 20.5. The van der Waals surface area contributed by atoms with Crippen molar-refractivity contribution in [3.63, 3.8) is 0 Å². The van der Waals surface area contributed by atoms with E-state index in [1.807, 2.05) is 0 Å². The van der Waals surface area contributed by atoms with Crippen LogP contribution < -0.4 is 0 Å². The van der Waals surface area contributed by atoms with E-state index in [9.17, 15) is 4.79 Å². The van der Waals surface area contributed by atoms with E-state index in [1.165, 1.54) is 6.07 Å². The van der Waals surface area contributed by atoms with E-state index in [2.05, 4.69) is 9.68 Å². The molecule has 1 heterocycles. The molecule has 0 bridgehead atoms. The molecule has 0 radical (unpaired) electrons. The first-order chi connectivity index (χ1) is 5.65. The highest BCUT2D eigenvalue weighted by Crippen LogP contribution is 2.14. The van der Waals surface area contributed by atoms with Crippen molar-refractivity contribution in [3.05, 3.63) is 17.5 Å². The van der Waals surface area contributed by atoms with Gasteiger partial charge in [0.2, 0.25) is 0 Å². The molecule has 1 rings (SSSR count). The molecule has 0 aliphatic rings. The molecule has 0 saturated carbocycles. The lowest BCUT2D eigenvalue weighted by atomic mass is 10.1. The number of aromatic nitrogens is 1. The van der Waals surface area contributed by atoms with Gasteiger partial charge >= 0.3 is 5.97 Å². The van der Waals surface area contributed by atoms with Gasteiger partial charge in [0, 0.05) is 12.0 Å². The summed E-state index contributed by atoms with van der Waals surface area (Å²) in [6.45, 7) is 1.63. The highest BCUT2D eigenvalue weighted by molar-refractivity contribution is 5.85. The van der Waals surface area contributed by atoms with E-state index in [0.29, 0.717) is 5.76 Å². The average Bonchev–Trinajstić information content (AvgIpc) is 2.51. The second-order valence-corrected chi connectivity index (χ2v) is 2.50. The smallest absolute Gasteiger partial charge is 0.358 e. The third kappa shape index (κ3) is 1.62. The average molecular weight is 171 g/mol. The molecule has 5 nitrogen and oxygen atoms in total. The van der Waals surface area contributed by atoms with Crippen molar-refractivity contribution < 1.29 is 19.5 Å². The van der Waals surface area contributed by atoms with Crippen molar-refractivity contribution in [2.24, 2.45) is 0 Å². The second-order valence-electron chi connectivity index (χ2n) is 2.50. The Kier molecular flexibility index (Phi) is 2.44. The zero-order valence-electron chi connectivity index (χ0n) is 6.52. The van der Waals surface area contributed by atoms with Crippen molar-refractivity contribution in [2.45, 2.75) is 12.8 Å². The number of aliphatic hydroxyl groups is 1. The van der Waals surface area contributed by atoms with Crippen molar-refractivity contribution in [1.82, 2.24) is 5.16 Å². The first-order valence-corrected chi connectivity index (χ1v) is 3.46. The van der Waals surface area contributed by atoms with E-state index in [4.69, 9.17) is 10.2 Å². The Balaban J connectivity index is 2.84. The predicted octanol–water partition coefficient (Wildman–Crippen LogP) is 0.469. The van der Waals surface area contributed by atoms with Crippen LogP contribution >= 0.6 is 0 Å². The molecule has 5 heteroatoms. The highest BCUT2D eigenvalue weighted by atomic mass is 16.5. The Hall–Kier alpha value is -1.36. The summed E-state index contributed by atoms with van der Waals surface area (Å²) in [5.74, 6) is -0.962. The van der Waals surface area contributed by atoms with Gasteiger partial charge in [-0.3, -0.25) is 0 Å². The Morgan fingerprint density at radius 1 is 1.83 bits per heavy atom. The van der Waals surface area contributed by atoms with E-state index in [-0.39, 0.29) is 18.2 Å². The van der Waals surface area contributed by atoms with Crippen LogP contribution in [-0.4, -0.2) is 27.9 Å². The Morgan fingerprint density at radius 2 is 2.50 bits per heavy atom. The number of hydrogen-bond donors (Lipinski definition) is 2. The minimum Gasteiger partial charge on any atom is -0.476 e. The number of carboxylic acids is 1. The minimum absolute atomic E-state index is 0.0890. The van der Waals surface area contributed by atoms with Crippen molar-refractivity contribution in [2.75, 3.05) is 6.61 Å². The lowest BCUT2D eigenvalue weighted by Crippen LogP contribution is -1.97. The van der Waals surface area contributed by atoms with E-state index in [1.54, 1.807) is 6.92 Å². The van der Waals surface area contributed by atoms with Gasteiger partial charge in [-0.2, -0.15) is 0 Å². The van der Waals surface area contributed by atoms with Gasteiger partial charge in [-0.25, -0.2) is 4.79 Å². The van der Waals surface area contributed by atoms with Crippen LogP contribution in [0, 0.1) is 0 Å². The SMILES string of the molecule is CC(CO)c1cc(C(=O)O)no1. The van der Waals surface area contributed by atoms with Crippen LogP contribution in [0.3, 0.4) is 0 Å². The van der Waals surface area contributed by atoms with Gasteiger partial charge in [-0.1, -0.05) is 12.1 Å². The summed E-state index contributed by atoms with van der Waals surface area (Å²) < 4.78 is 4.69. The molecule has 2 N–H and O–H groups in total. The quantitative estimate of drug-likeness (QED) is 0.690. The molecule has 0 aliphatic carbocycles. The van der Waals surface area contributed by atoms with Crippen LogP contribution in [0.15, 0.2) is 10.6 Å². The van der Waals surface area contributed by atoms with Crippen LogP contribution in [-0.2, 0) is 0 Å². The van der Waals surface area contributed by atoms with Crippen LogP contribution in [0.4, 0.5) is 0 Å². The summed E-state index contributed by atoms with van der Waals surface area (Å²) in [6, 6.07) is 1.31. The predicted molar refractivity (Wildman–Crippen MR) is 39.0 cm³/mol. The second kappa shape index (κ2) is 3.36. The molecule has 0 spiro atoms. The van der Waals surface area contributed by atoms with E-state index in [0.717, 1.165) is 0 Å². The number of carbonyl (C=O) groups is 1. The van der Waals surface area contributed by atoms with Gasteiger partial charge in [0.05, 0.1) is 6.61 Å². The lowest BCUT2D eigenvalue weighted by molar-refractivity contribution is 0.0685. The summed E-state index contributed by atoms with van der Waals surface area (Å²) in [4.78, 5) is 10.3. The lowest BCUT2D eigenvalue weighted by Gasteiger charge is -1.98. The Labute approximate surface area is 68.6 Å². The number of aromatic carboxylic acids is 1. The standard InChI is InChI=1S/C7H9NO4/c1-4(3-9)6-2-5(7(10)11)8-12-6/h2,4,9H,3H2,1H3,(H,10,11). The van der Waals surface area contributed by atoms with Crippen molar-refractivity contribution >= 4 is 5.97 Å². The molecule has 1 atom stereocenters. The van der Waals surface area contributed by atoms with Gasteiger partial charge in [-0.05, 0) is 0 Å². The van der Waals surface area contributed by atoms with Gasteiger partial charge in [0.15, 0.2) is 5.69 Å². The molecular weight excluding hydrogens is 162 g/mol. The van der Waals surface area contributed by atoms with E-state index >= 15 is 0 Å². The normalized spacial score (nSPS) is 12.8. The fourth-order valence-electron chi connectivity index (χ4n) is 0.712. The Bertz CT molecular complexity index is 281. The molecular formula is C7H9NO4. The summed E-state index contributed by atoms with van der Waals surface area (Å²) >= 11 is 0. The first kappa shape index (κ1) is 8.73. The third-order valence-electron chi connectivity index (χ3n) is 1.51. The fourth-order valence-corrected chi connectivity index (χ4v) is 0.712.